The molecule has 58 valence electrons. The summed E-state index contributed by atoms with van der Waals surface area (Å²) < 4.78 is 2.07. The Labute approximate surface area is 65.4 Å². The van der Waals surface area contributed by atoms with Crippen LogP contribution in [0.25, 0.3) is 0 Å². The zero-order chi connectivity index (χ0) is 7.47. The van der Waals surface area contributed by atoms with Crippen LogP contribution in [0.5, 0.6) is 0 Å². The van der Waals surface area contributed by atoms with Gasteiger partial charge in [0.25, 0.3) is 0 Å². The number of nitrogens with zero attached hydrogens (tertiary/aromatic N) is 3. The lowest BCUT2D eigenvalue weighted by molar-refractivity contribution is -0.0989. The molecule has 0 aliphatic heterocycles. The van der Waals surface area contributed by atoms with Gasteiger partial charge in [-0.15, -0.1) is 5.10 Å². The van der Waals surface area contributed by atoms with Crippen LogP contribution >= 0.6 is 0 Å². The van der Waals surface area contributed by atoms with Crippen molar-refractivity contribution < 1.29 is 0 Å². The topological polar surface area (TPSA) is 30.7 Å². The number of aryl methyl sites for hydroxylation is 1. The van der Waals surface area contributed by atoms with Crippen LogP contribution in [0.4, 0.5) is 0 Å². The second-order valence-electron chi connectivity index (χ2n) is 4.01. The smallest absolute Gasteiger partial charge is 0.0796 e. The molecule has 0 saturated heterocycles. The van der Waals surface area contributed by atoms with Crippen LogP contribution in [0.2, 0.25) is 0 Å². The Balaban J connectivity index is 1.99. The van der Waals surface area contributed by atoms with Crippen LogP contribution in [-0.4, -0.2) is 15.0 Å². The van der Waals surface area contributed by atoms with Crippen molar-refractivity contribution in [3.05, 3.63) is 11.9 Å². The van der Waals surface area contributed by atoms with Crippen LogP contribution in [0.1, 0.15) is 25.0 Å². The van der Waals surface area contributed by atoms with E-state index in [0.717, 1.165) is 11.6 Å². The fraction of sp³-hybridized carbons (Fsp3) is 0.750. The molecule has 0 aromatic carbocycles. The lowest BCUT2D eigenvalue weighted by Crippen LogP contribution is -2.59. The van der Waals surface area contributed by atoms with Gasteiger partial charge in [0, 0.05) is 6.20 Å². The van der Waals surface area contributed by atoms with E-state index in [1.807, 2.05) is 6.92 Å². The summed E-state index contributed by atoms with van der Waals surface area (Å²) in [6.07, 6.45) is 6.09. The molecule has 0 N–H and O–H groups in total. The molecule has 0 unspecified atom stereocenters. The highest BCUT2D eigenvalue weighted by Crippen LogP contribution is 2.61. The van der Waals surface area contributed by atoms with E-state index < -0.39 is 0 Å². The Hall–Kier alpha value is -0.860. The van der Waals surface area contributed by atoms with Gasteiger partial charge in [0.2, 0.25) is 0 Å². The minimum Gasteiger partial charge on any atom is -0.246 e. The van der Waals surface area contributed by atoms with Crippen molar-refractivity contribution in [3.8, 4) is 0 Å². The fourth-order valence-electron chi connectivity index (χ4n) is 2.29. The Morgan fingerprint density at radius 2 is 2.27 bits per heavy atom. The van der Waals surface area contributed by atoms with E-state index >= 15 is 0 Å². The largest absolute Gasteiger partial charge is 0.246 e. The van der Waals surface area contributed by atoms with Gasteiger partial charge in [-0.3, -0.25) is 0 Å². The van der Waals surface area contributed by atoms with Crippen LogP contribution in [0.3, 0.4) is 0 Å². The van der Waals surface area contributed by atoms with E-state index in [0.29, 0.717) is 5.54 Å². The van der Waals surface area contributed by atoms with Crippen molar-refractivity contribution in [1.29, 1.82) is 0 Å². The quantitative estimate of drug-likeness (QED) is 0.598. The van der Waals surface area contributed by atoms with E-state index in [4.69, 9.17) is 0 Å². The van der Waals surface area contributed by atoms with E-state index in [-0.39, 0.29) is 0 Å². The highest BCUT2D eigenvalue weighted by Gasteiger charge is 2.58. The number of rotatable bonds is 1. The Morgan fingerprint density at radius 3 is 2.64 bits per heavy atom. The Morgan fingerprint density at radius 1 is 1.55 bits per heavy atom. The summed E-state index contributed by atoms with van der Waals surface area (Å²) in [5.41, 5.74) is 1.46. The molecule has 3 nitrogen and oxygen atoms in total. The van der Waals surface area contributed by atoms with Gasteiger partial charge in [0.15, 0.2) is 0 Å². The minimum atomic E-state index is 0.423. The van der Waals surface area contributed by atoms with Crippen molar-refractivity contribution in [2.24, 2.45) is 5.92 Å². The molecule has 1 aromatic heterocycles. The molecule has 0 atom stereocenters. The molecular formula is C8H11N3. The summed E-state index contributed by atoms with van der Waals surface area (Å²) in [6.45, 7) is 1.99. The van der Waals surface area contributed by atoms with Crippen LogP contribution in [0, 0.1) is 12.8 Å². The zero-order valence-electron chi connectivity index (χ0n) is 6.62. The fourth-order valence-corrected chi connectivity index (χ4v) is 2.29. The molecule has 3 saturated carbocycles. The molecule has 3 fully saturated rings. The Kier molecular flexibility index (Phi) is 0.780. The SMILES string of the molecule is Cc1cn(C23CC(C2)C3)nn1. The molecule has 0 spiro atoms. The molecule has 4 rings (SSSR count). The molecule has 3 heteroatoms. The predicted octanol–water partition coefficient (Wildman–Crippen LogP) is 1.10. The predicted molar refractivity (Wildman–Crippen MR) is 40.1 cm³/mol. The lowest BCUT2D eigenvalue weighted by Gasteiger charge is -2.61. The molecule has 0 amide bonds. The van der Waals surface area contributed by atoms with Gasteiger partial charge in [0.05, 0.1) is 11.2 Å². The van der Waals surface area contributed by atoms with Crippen molar-refractivity contribution in [2.75, 3.05) is 0 Å². The maximum absolute atomic E-state index is 4.11. The second kappa shape index (κ2) is 1.49. The monoisotopic (exact) mass is 149 g/mol. The molecule has 1 heterocycles. The first-order valence-corrected chi connectivity index (χ1v) is 4.18. The normalized spacial score (nSPS) is 39.5. The third kappa shape index (κ3) is 0.549. The van der Waals surface area contributed by atoms with Crippen LogP contribution < -0.4 is 0 Å². The first-order valence-electron chi connectivity index (χ1n) is 4.18. The van der Waals surface area contributed by atoms with Gasteiger partial charge in [-0.1, -0.05) is 5.21 Å². The standard InChI is InChI=1S/C8H11N3/c1-6-5-11(10-9-6)8-2-7(3-8)4-8/h5,7H,2-4H2,1H3. The summed E-state index contributed by atoms with van der Waals surface area (Å²) >= 11 is 0. The first-order chi connectivity index (χ1) is 5.28. The van der Waals surface area contributed by atoms with Crippen molar-refractivity contribution >= 4 is 0 Å². The molecular weight excluding hydrogens is 138 g/mol. The summed E-state index contributed by atoms with van der Waals surface area (Å²) in [5, 5.41) is 8.12. The van der Waals surface area contributed by atoms with E-state index in [9.17, 15) is 0 Å². The molecule has 3 aliphatic carbocycles. The number of aromatic nitrogens is 3. The Bertz CT molecular complexity index is 285. The first kappa shape index (κ1) is 5.75. The number of hydrogen-bond donors (Lipinski definition) is 0. The second-order valence-corrected chi connectivity index (χ2v) is 4.01. The van der Waals surface area contributed by atoms with Crippen molar-refractivity contribution in [3.63, 3.8) is 0 Å². The summed E-state index contributed by atoms with van der Waals surface area (Å²) in [5.74, 6) is 1.01. The van der Waals surface area contributed by atoms with Gasteiger partial charge in [-0.05, 0) is 32.1 Å². The number of hydrogen-bond acceptors (Lipinski definition) is 2. The molecule has 11 heavy (non-hydrogen) atoms. The molecule has 1 aromatic rings. The highest BCUT2D eigenvalue weighted by atomic mass is 15.5. The van der Waals surface area contributed by atoms with Gasteiger partial charge in [0.1, 0.15) is 0 Å². The summed E-state index contributed by atoms with van der Waals surface area (Å²) in [7, 11) is 0. The van der Waals surface area contributed by atoms with E-state index in [1.165, 1.54) is 19.3 Å². The third-order valence-electron chi connectivity index (χ3n) is 3.10. The minimum absolute atomic E-state index is 0.423. The molecule has 0 radical (unpaired) electrons. The van der Waals surface area contributed by atoms with Gasteiger partial charge in [-0.25, -0.2) is 4.68 Å². The zero-order valence-corrected chi connectivity index (χ0v) is 6.62. The molecule has 3 aliphatic rings. The van der Waals surface area contributed by atoms with Gasteiger partial charge >= 0.3 is 0 Å². The lowest BCUT2D eigenvalue weighted by atomic mass is 9.50. The maximum Gasteiger partial charge on any atom is 0.0796 e. The van der Waals surface area contributed by atoms with Crippen molar-refractivity contribution in [2.45, 2.75) is 31.7 Å². The molecule has 2 bridgehead atoms. The van der Waals surface area contributed by atoms with Gasteiger partial charge in [-0.2, -0.15) is 0 Å². The maximum atomic E-state index is 4.11. The van der Waals surface area contributed by atoms with Crippen LogP contribution in [-0.2, 0) is 5.54 Å². The summed E-state index contributed by atoms with van der Waals surface area (Å²) in [4.78, 5) is 0. The summed E-state index contributed by atoms with van der Waals surface area (Å²) in [6, 6.07) is 0. The van der Waals surface area contributed by atoms with E-state index in [2.05, 4.69) is 21.2 Å². The average molecular weight is 149 g/mol. The van der Waals surface area contributed by atoms with Crippen LogP contribution in [0.15, 0.2) is 6.20 Å². The van der Waals surface area contributed by atoms with E-state index in [1.54, 1.807) is 0 Å². The van der Waals surface area contributed by atoms with Gasteiger partial charge < -0.3 is 0 Å². The average Bonchev–Trinajstić information content (AvgIpc) is 2.06. The van der Waals surface area contributed by atoms with Crippen molar-refractivity contribution in [1.82, 2.24) is 15.0 Å². The third-order valence-corrected chi connectivity index (χ3v) is 3.10. The highest BCUT2D eigenvalue weighted by molar-refractivity contribution is 5.11.